The molecule has 0 atom stereocenters. The second kappa shape index (κ2) is 7.51. The zero-order valence-electron chi connectivity index (χ0n) is 13.0. The molecule has 0 bridgehead atoms. The number of aryl methyl sites for hydroxylation is 1. The number of carbonyl (C=O) groups excluding carboxylic acids is 2. The van der Waals surface area contributed by atoms with Gasteiger partial charge in [-0.15, -0.1) is 0 Å². The lowest BCUT2D eigenvalue weighted by atomic mass is 10.2. The molecule has 0 saturated heterocycles. The molecule has 0 saturated carbocycles. The van der Waals surface area contributed by atoms with Crippen LogP contribution in [0.5, 0.6) is 0 Å². The molecule has 3 N–H and O–H groups in total. The highest BCUT2D eigenvalue weighted by Crippen LogP contribution is 2.13. The van der Waals surface area contributed by atoms with Crippen LogP contribution in [0.3, 0.4) is 0 Å². The Kier molecular flexibility index (Phi) is 5.43. The summed E-state index contributed by atoms with van der Waals surface area (Å²) in [5.74, 6) is -0.799. The molecule has 2 aromatic rings. The predicted octanol–water partition coefficient (Wildman–Crippen LogP) is 2.03. The van der Waals surface area contributed by atoms with E-state index in [9.17, 15) is 14.4 Å². The number of thiocarbonyl (C=S) groups is 1. The van der Waals surface area contributed by atoms with Gasteiger partial charge in [-0.25, -0.2) is 0 Å². The highest BCUT2D eigenvalue weighted by Gasteiger charge is 2.17. The molecule has 1 aromatic heterocycles. The molecule has 124 valence electrons. The Bertz CT molecular complexity index is 846. The van der Waals surface area contributed by atoms with Gasteiger partial charge in [0.1, 0.15) is 11.3 Å². The number of hydrazine groups is 1. The molecule has 0 aliphatic heterocycles. The van der Waals surface area contributed by atoms with Crippen LogP contribution < -0.4 is 21.6 Å². The van der Waals surface area contributed by atoms with Gasteiger partial charge < -0.3 is 9.73 Å². The van der Waals surface area contributed by atoms with Gasteiger partial charge in [0.25, 0.3) is 5.91 Å². The second-order valence-electron chi connectivity index (χ2n) is 4.88. The zero-order valence-corrected chi connectivity index (χ0v) is 13.8. The van der Waals surface area contributed by atoms with Gasteiger partial charge in [0.2, 0.25) is 5.88 Å². The SMILES string of the molecule is CC(=O)c1c(NNC(=S)C(=O)Nc2ccccc2)oc(C)cc1=O. The van der Waals surface area contributed by atoms with Crippen LogP contribution in [0, 0.1) is 6.92 Å². The van der Waals surface area contributed by atoms with E-state index in [0.717, 1.165) is 0 Å². The summed E-state index contributed by atoms with van der Waals surface area (Å²) in [4.78, 5) is 35.2. The fourth-order valence-corrected chi connectivity index (χ4v) is 2.01. The van der Waals surface area contributed by atoms with Gasteiger partial charge in [0, 0.05) is 11.8 Å². The molecule has 0 unspecified atom stereocenters. The number of para-hydroxylation sites is 1. The standard InChI is InChI=1S/C16H15N3O4S/c1-9-8-12(21)13(10(2)20)15(23-9)18-19-16(24)14(22)17-11-6-4-3-5-7-11/h3-8,18H,1-2H3,(H,17,22)(H,19,24). The maximum absolute atomic E-state index is 12.0. The summed E-state index contributed by atoms with van der Waals surface area (Å²) in [5, 5.41) is 2.60. The Hall–Kier alpha value is -3.00. The van der Waals surface area contributed by atoms with Gasteiger partial charge in [-0.05, 0) is 26.0 Å². The van der Waals surface area contributed by atoms with Crippen LogP contribution >= 0.6 is 12.2 Å². The number of nitrogens with one attached hydrogen (secondary N) is 3. The number of hydrogen-bond donors (Lipinski definition) is 3. The van der Waals surface area contributed by atoms with E-state index in [2.05, 4.69) is 16.2 Å². The fraction of sp³-hybridized carbons (Fsp3) is 0.125. The molecule has 1 amide bonds. The molecule has 7 nitrogen and oxygen atoms in total. The Morgan fingerprint density at radius 3 is 2.46 bits per heavy atom. The van der Waals surface area contributed by atoms with Crippen molar-refractivity contribution in [2.24, 2.45) is 0 Å². The van der Waals surface area contributed by atoms with E-state index in [-0.39, 0.29) is 16.4 Å². The summed E-state index contributed by atoms with van der Waals surface area (Å²) in [6.45, 7) is 2.81. The Labute approximate surface area is 143 Å². The number of anilines is 2. The minimum absolute atomic E-state index is 0.0950. The molecule has 0 aliphatic carbocycles. The molecule has 1 aromatic carbocycles. The highest BCUT2D eigenvalue weighted by atomic mass is 32.1. The lowest BCUT2D eigenvalue weighted by molar-refractivity contribution is -0.110. The molecule has 1 heterocycles. The number of hydrogen-bond acceptors (Lipinski definition) is 6. The van der Waals surface area contributed by atoms with Gasteiger partial charge in [0.15, 0.2) is 16.2 Å². The minimum atomic E-state index is -0.553. The van der Waals surface area contributed by atoms with Crippen LogP contribution in [-0.4, -0.2) is 16.7 Å². The van der Waals surface area contributed by atoms with Crippen LogP contribution in [0.25, 0.3) is 0 Å². The first-order chi connectivity index (χ1) is 11.4. The maximum Gasteiger partial charge on any atom is 0.284 e. The molecule has 0 spiro atoms. The van der Waals surface area contributed by atoms with Crippen LogP contribution in [0.15, 0.2) is 45.6 Å². The van der Waals surface area contributed by atoms with Crippen LogP contribution in [0.1, 0.15) is 23.0 Å². The van der Waals surface area contributed by atoms with Crippen molar-refractivity contribution in [3.8, 4) is 0 Å². The Morgan fingerprint density at radius 2 is 1.83 bits per heavy atom. The molecule has 0 radical (unpaired) electrons. The summed E-state index contributed by atoms with van der Waals surface area (Å²) in [5.41, 5.74) is 4.91. The normalized spacial score (nSPS) is 9.92. The number of ketones is 1. The molecular weight excluding hydrogens is 330 g/mol. The van der Waals surface area contributed by atoms with Gasteiger partial charge in [-0.1, -0.05) is 30.4 Å². The van der Waals surface area contributed by atoms with Crippen molar-refractivity contribution >= 4 is 40.5 Å². The molecule has 8 heteroatoms. The van der Waals surface area contributed by atoms with Gasteiger partial charge >= 0.3 is 0 Å². The number of rotatable bonds is 4. The molecule has 24 heavy (non-hydrogen) atoms. The summed E-state index contributed by atoms with van der Waals surface area (Å²) < 4.78 is 5.31. The fourth-order valence-electron chi connectivity index (χ4n) is 1.91. The summed E-state index contributed by atoms with van der Waals surface area (Å²) in [7, 11) is 0. The number of amides is 1. The van der Waals surface area contributed by atoms with E-state index in [1.54, 1.807) is 31.2 Å². The topological polar surface area (TPSA) is 100 Å². The first-order valence-electron chi connectivity index (χ1n) is 6.96. The lowest BCUT2D eigenvalue weighted by Gasteiger charge is -2.12. The van der Waals surface area contributed by atoms with E-state index >= 15 is 0 Å². The van der Waals surface area contributed by atoms with Crippen molar-refractivity contribution in [1.29, 1.82) is 0 Å². The Morgan fingerprint density at radius 1 is 1.17 bits per heavy atom. The maximum atomic E-state index is 12.0. The first-order valence-corrected chi connectivity index (χ1v) is 7.37. The molecule has 2 rings (SSSR count). The summed E-state index contributed by atoms with van der Waals surface area (Å²) in [6.07, 6.45) is 0. The first kappa shape index (κ1) is 17.4. The van der Waals surface area contributed by atoms with Crippen LogP contribution in [0.4, 0.5) is 11.6 Å². The van der Waals surface area contributed by atoms with Gasteiger partial charge in [0.05, 0.1) is 0 Å². The van der Waals surface area contributed by atoms with Crippen LogP contribution in [0.2, 0.25) is 0 Å². The third kappa shape index (κ3) is 4.26. The average molecular weight is 345 g/mol. The Balaban J connectivity index is 2.08. The van der Waals surface area contributed by atoms with Crippen molar-refractivity contribution in [1.82, 2.24) is 5.43 Å². The van der Waals surface area contributed by atoms with Crippen molar-refractivity contribution in [3.05, 3.63) is 57.9 Å². The van der Waals surface area contributed by atoms with E-state index in [4.69, 9.17) is 16.6 Å². The van der Waals surface area contributed by atoms with Crippen molar-refractivity contribution in [2.45, 2.75) is 13.8 Å². The molecular formula is C16H15N3O4S. The predicted molar refractivity (Wildman–Crippen MR) is 94.1 cm³/mol. The minimum Gasteiger partial charge on any atom is -0.443 e. The van der Waals surface area contributed by atoms with E-state index < -0.39 is 17.1 Å². The zero-order chi connectivity index (χ0) is 17.7. The second-order valence-corrected chi connectivity index (χ2v) is 5.29. The van der Waals surface area contributed by atoms with Gasteiger partial charge in [-0.3, -0.25) is 25.2 Å². The quantitative estimate of drug-likeness (QED) is 0.443. The van der Waals surface area contributed by atoms with Gasteiger partial charge in [-0.2, -0.15) is 0 Å². The largest absolute Gasteiger partial charge is 0.443 e. The average Bonchev–Trinajstić information content (AvgIpc) is 2.52. The summed E-state index contributed by atoms with van der Waals surface area (Å²) in [6, 6.07) is 9.98. The highest BCUT2D eigenvalue weighted by molar-refractivity contribution is 7.82. The third-order valence-corrected chi connectivity index (χ3v) is 3.24. The smallest absolute Gasteiger partial charge is 0.284 e. The molecule has 0 fully saturated rings. The third-order valence-electron chi connectivity index (χ3n) is 2.95. The lowest BCUT2D eigenvalue weighted by Crippen LogP contribution is -2.38. The van der Waals surface area contributed by atoms with E-state index in [0.29, 0.717) is 11.4 Å². The molecule has 0 aliphatic rings. The van der Waals surface area contributed by atoms with Crippen molar-refractivity contribution < 1.29 is 14.0 Å². The summed E-state index contributed by atoms with van der Waals surface area (Å²) >= 11 is 4.96. The number of benzene rings is 1. The number of Topliss-reactive ketones (excluding diaryl/α,β-unsaturated/α-hetero) is 1. The van der Waals surface area contributed by atoms with E-state index in [1.807, 2.05) is 6.07 Å². The number of carbonyl (C=O) groups is 2. The van der Waals surface area contributed by atoms with Crippen LogP contribution in [-0.2, 0) is 4.79 Å². The van der Waals surface area contributed by atoms with Crippen molar-refractivity contribution in [3.63, 3.8) is 0 Å². The van der Waals surface area contributed by atoms with E-state index in [1.165, 1.54) is 13.0 Å². The van der Waals surface area contributed by atoms with Crippen molar-refractivity contribution in [2.75, 3.05) is 10.7 Å². The monoisotopic (exact) mass is 345 g/mol.